The molecule has 4 nitrogen and oxygen atoms in total. The van der Waals surface area contributed by atoms with Gasteiger partial charge in [0.05, 0.1) is 19.2 Å². The van der Waals surface area contributed by atoms with E-state index in [0.29, 0.717) is 25.2 Å². The smallest absolute Gasteiger partial charge is 0.234 e. The van der Waals surface area contributed by atoms with Crippen molar-refractivity contribution in [3.63, 3.8) is 0 Å². The minimum absolute atomic E-state index is 0.0125. The molecule has 1 amide bonds. The quantitative estimate of drug-likeness (QED) is 0.747. The Labute approximate surface area is 122 Å². The number of hydrogen-bond acceptors (Lipinski definition) is 3. The SMILES string of the molecule is C#CCNC(=O)CN(C)[C@H]1C[C@H](OCC)C12CCCC2. The third-order valence-corrected chi connectivity index (χ3v) is 4.96. The van der Waals surface area contributed by atoms with E-state index in [1.165, 1.54) is 25.7 Å². The van der Waals surface area contributed by atoms with Gasteiger partial charge < -0.3 is 10.1 Å². The van der Waals surface area contributed by atoms with E-state index in [4.69, 9.17) is 11.2 Å². The number of ether oxygens (including phenoxy) is 1. The van der Waals surface area contributed by atoms with Gasteiger partial charge in [-0.25, -0.2) is 0 Å². The van der Waals surface area contributed by atoms with Gasteiger partial charge in [0, 0.05) is 18.1 Å². The molecule has 0 aliphatic heterocycles. The fraction of sp³-hybridized carbons (Fsp3) is 0.812. The van der Waals surface area contributed by atoms with Crippen molar-refractivity contribution in [2.75, 3.05) is 26.7 Å². The predicted octanol–water partition coefficient (Wildman–Crippen LogP) is 1.41. The molecule has 0 aromatic rings. The maximum absolute atomic E-state index is 11.8. The molecule has 0 bridgehead atoms. The lowest BCUT2D eigenvalue weighted by molar-refractivity contribution is -0.163. The minimum atomic E-state index is 0.0125. The Morgan fingerprint density at radius 2 is 2.20 bits per heavy atom. The van der Waals surface area contributed by atoms with E-state index in [-0.39, 0.29) is 11.3 Å². The van der Waals surface area contributed by atoms with Crippen molar-refractivity contribution in [1.29, 1.82) is 0 Å². The van der Waals surface area contributed by atoms with Crippen LogP contribution in [0.25, 0.3) is 0 Å². The van der Waals surface area contributed by atoms with Crippen molar-refractivity contribution in [1.82, 2.24) is 10.2 Å². The first-order chi connectivity index (χ1) is 9.64. The third-order valence-electron chi connectivity index (χ3n) is 4.96. The first-order valence-corrected chi connectivity index (χ1v) is 7.66. The molecule has 2 rings (SSSR count). The summed E-state index contributed by atoms with van der Waals surface area (Å²) in [4.78, 5) is 14.0. The largest absolute Gasteiger partial charge is 0.378 e. The lowest BCUT2D eigenvalue weighted by atomic mass is 9.60. The van der Waals surface area contributed by atoms with Gasteiger partial charge in [0.1, 0.15) is 0 Å². The number of rotatable bonds is 6. The molecule has 2 fully saturated rings. The number of nitrogens with one attached hydrogen (secondary N) is 1. The average Bonchev–Trinajstić information content (AvgIpc) is 2.92. The van der Waals surface area contributed by atoms with Gasteiger partial charge in [0.2, 0.25) is 5.91 Å². The maximum Gasteiger partial charge on any atom is 0.234 e. The zero-order chi connectivity index (χ0) is 14.6. The van der Waals surface area contributed by atoms with E-state index in [1.807, 2.05) is 7.05 Å². The zero-order valence-corrected chi connectivity index (χ0v) is 12.7. The van der Waals surface area contributed by atoms with Crippen LogP contribution in [0.1, 0.15) is 39.0 Å². The third kappa shape index (κ3) is 2.84. The Bertz CT molecular complexity index is 382. The highest BCUT2D eigenvalue weighted by Crippen LogP contribution is 2.56. The molecule has 0 radical (unpaired) electrons. The molecule has 2 aliphatic rings. The Hall–Kier alpha value is -1.05. The second-order valence-electron chi connectivity index (χ2n) is 6.03. The number of carbonyl (C=O) groups is 1. The summed E-state index contributed by atoms with van der Waals surface area (Å²) < 4.78 is 5.91. The van der Waals surface area contributed by atoms with Gasteiger partial charge in [-0.1, -0.05) is 18.8 Å². The van der Waals surface area contributed by atoms with Crippen molar-refractivity contribution in [3.8, 4) is 12.3 Å². The van der Waals surface area contributed by atoms with E-state index >= 15 is 0 Å². The van der Waals surface area contributed by atoms with Crippen molar-refractivity contribution in [2.45, 2.75) is 51.2 Å². The molecule has 0 aromatic heterocycles. The zero-order valence-electron chi connectivity index (χ0n) is 12.7. The van der Waals surface area contributed by atoms with Crippen LogP contribution in [0.3, 0.4) is 0 Å². The predicted molar refractivity (Wildman–Crippen MR) is 79.2 cm³/mol. The summed E-state index contributed by atoms with van der Waals surface area (Å²) >= 11 is 0. The Kier molecular flexibility index (Phi) is 5.06. The fourth-order valence-corrected chi connectivity index (χ4v) is 4.01. The van der Waals surface area contributed by atoms with Gasteiger partial charge in [-0.2, -0.15) is 0 Å². The summed E-state index contributed by atoms with van der Waals surface area (Å²) in [5.74, 6) is 2.44. The number of carbonyl (C=O) groups excluding carboxylic acids is 1. The lowest BCUT2D eigenvalue weighted by Crippen LogP contribution is -2.63. The van der Waals surface area contributed by atoms with Crippen LogP contribution in [-0.2, 0) is 9.53 Å². The summed E-state index contributed by atoms with van der Waals surface area (Å²) in [6.07, 6.45) is 11.6. The number of likely N-dealkylation sites (N-methyl/N-ethyl adjacent to an activating group) is 1. The number of nitrogens with zero attached hydrogens (tertiary/aromatic N) is 1. The van der Waals surface area contributed by atoms with Gasteiger partial charge >= 0.3 is 0 Å². The molecule has 0 saturated heterocycles. The summed E-state index contributed by atoms with van der Waals surface area (Å²) in [6, 6.07) is 0.470. The summed E-state index contributed by atoms with van der Waals surface area (Å²) in [5, 5.41) is 2.73. The molecular weight excluding hydrogens is 252 g/mol. The van der Waals surface area contributed by atoms with Gasteiger partial charge in [-0.05, 0) is 33.2 Å². The monoisotopic (exact) mass is 278 g/mol. The highest BCUT2D eigenvalue weighted by Gasteiger charge is 2.57. The molecule has 2 aliphatic carbocycles. The molecule has 112 valence electrons. The van der Waals surface area contributed by atoms with E-state index < -0.39 is 0 Å². The summed E-state index contributed by atoms with van der Waals surface area (Å²) in [7, 11) is 2.04. The number of hydrogen-bond donors (Lipinski definition) is 1. The second kappa shape index (κ2) is 6.60. The van der Waals surface area contributed by atoms with Gasteiger partial charge in [0.15, 0.2) is 0 Å². The van der Waals surface area contributed by atoms with Crippen LogP contribution < -0.4 is 5.32 Å². The number of amides is 1. The van der Waals surface area contributed by atoms with Crippen LogP contribution in [0.4, 0.5) is 0 Å². The van der Waals surface area contributed by atoms with Crippen molar-refractivity contribution >= 4 is 5.91 Å². The van der Waals surface area contributed by atoms with Gasteiger partial charge in [0.25, 0.3) is 0 Å². The first kappa shape index (κ1) is 15.3. The highest BCUT2D eigenvalue weighted by atomic mass is 16.5. The van der Waals surface area contributed by atoms with E-state index in [9.17, 15) is 4.79 Å². The molecule has 2 saturated carbocycles. The summed E-state index contributed by atoms with van der Waals surface area (Å²) in [5.41, 5.74) is 0.289. The van der Waals surface area contributed by atoms with Gasteiger partial charge in [-0.15, -0.1) is 6.42 Å². The van der Waals surface area contributed by atoms with Crippen LogP contribution >= 0.6 is 0 Å². The van der Waals surface area contributed by atoms with Gasteiger partial charge in [-0.3, -0.25) is 9.69 Å². The minimum Gasteiger partial charge on any atom is -0.378 e. The molecule has 0 heterocycles. The molecule has 0 unspecified atom stereocenters. The van der Waals surface area contributed by atoms with Crippen molar-refractivity contribution in [2.24, 2.45) is 5.41 Å². The molecular formula is C16H26N2O2. The Balaban J connectivity index is 1.92. The van der Waals surface area contributed by atoms with Crippen molar-refractivity contribution in [3.05, 3.63) is 0 Å². The lowest BCUT2D eigenvalue weighted by Gasteiger charge is -2.57. The maximum atomic E-state index is 11.8. The van der Waals surface area contributed by atoms with E-state index in [0.717, 1.165) is 13.0 Å². The molecule has 20 heavy (non-hydrogen) atoms. The molecule has 1 N–H and O–H groups in total. The topological polar surface area (TPSA) is 41.6 Å². The van der Waals surface area contributed by atoms with E-state index in [1.54, 1.807) is 0 Å². The Morgan fingerprint density at radius 1 is 1.50 bits per heavy atom. The molecule has 0 aromatic carbocycles. The average molecular weight is 278 g/mol. The standard InChI is InChI=1S/C16H26N2O2/c1-4-10-17-15(19)12-18(3)13-11-14(20-5-2)16(13)8-6-7-9-16/h1,13-14H,5-12H2,2-3H3,(H,17,19)/t13-,14-/m0/s1. The van der Waals surface area contributed by atoms with Crippen LogP contribution in [0.2, 0.25) is 0 Å². The van der Waals surface area contributed by atoms with Crippen LogP contribution in [0, 0.1) is 17.8 Å². The van der Waals surface area contributed by atoms with Crippen LogP contribution in [-0.4, -0.2) is 49.7 Å². The molecule has 1 spiro atoms. The fourth-order valence-electron chi connectivity index (χ4n) is 4.01. The molecule has 2 atom stereocenters. The normalized spacial score (nSPS) is 27.3. The summed E-state index contributed by atoms with van der Waals surface area (Å²) in [6.45, 7) is 3.58. The van der Waals surface area contributed by atoms with E-state index in [2.05, 4.69) is 23.1 Å². The second-order valence-corrected chi connectivity index (χ2v) is 6.03. The number of terminal acetylenes is 1. The Morgan fingerprint density at radius 3 is 2.80 bits per heavy atom. The first-order valence-electron chi connectivity index (χ1n) is 7.66. The van der Waals surface area contributed by atoms with Crippen molar-refractivity contribution < 1.29 is 9.53 Å². The van der Waals surface area contributed by atoms with Crippen LogP contribution in [0.5, 0.6) is 0 Å². The van der Waals surface area contributed by atoms with Crippen LogP contribution in [0.15, 0.2) is 0 Å². The highest BCUT2D eigenvalue weighted by molar-refractivity contribution is 5.78. The molecule has 4 heteroatoms.